The van der Waals surface area contributed by atoms with E-state index >= 15 is 0 Å². The molecule has 0 aliphatic carbocycles. The Balaban J connectivity index is 1.51. The summed E-state index contributed by atoms with van der Waals surface area (Å²) in [7, 11) is 0. The van der Waals surface area contributed by atoms with Crippen LogP contribution in [0, 0.1) is 6.92 Å². The molecule has 0 amide bonds. The molecule has 1 unspecified atom stereocenters. The van der Waals surface area contributed by atoms with Gasteiger partial charge in [0.05, 0.1) is 12.6 Å². The number of nitrogens with two attached hydrogens (primary N) is 1. The first-order chi connectivity index (χ1) is 13.2. The molecule has 144 valence electrons. The first-order valence-corrected chi connectivity index (χ1v) is 9.62. The Morgan fingerprint density at radius 3 is 2.89 bits per heavy atom. The standard InChI is InChI=1S/C22H29N3O2/c1-17-9-10-19(21(14-17)27-16-20-8-5-13-26-20)15-25-22(23)24-12-11-18-6-3-2-4-7-18/h2-4,6-7,9-10,14,20H,5,8,11-13,15-16H2,1H3,(H3,23,24,25). The Hall–Kier alpha value is -2.53. The fourth-order valence-electron chi connectivity index (χ4n) is 3.09. The van der Waals surface area contributed by atoms with Gasteiger partial charge < -0.3 is 20.5 Å². The minimum absolute atomic E-state index is 0.201. The molecule has 3 rings (SSSR count). The Labute approximate surface area is 161 Å². The van der Waals surface area contributed by atoms with Gasteiger partial charge in [-0.2, -0.15) is 0 Å². The fourth-order valence-corrected chi connectivity index (χ4v) is 3.09. The smallest absolute Gasteiger partial charge is 0.188 e. The van der Waals surface area contributed by atoms with Crippen molar-refractivity contribution >= 4 is 5.96 Å². The Morgan fingerprint density at radius 2 is 2.11 bits per heavy atom. The van der Waals surface area contributed by atoms with Crippen LogP contribution in [0.2, 0.25) is 0 Å². The molecule has 1 atom stereocenters. The van der Waals surface area contributed by atoms with Crippen molar-refractivity contribution in [3.05, 3.63) is 65.2 Å². The van der Waals surface area contributed by atoms with Crippen molar-refractivity contribution in [2.45, 2.75) is 38.8 Å². The highest BCUT2D eigenvalue weighted by atomic mass is 16.5. The van der Waals surface area contributed by atoms with Gasteiger partial charge in [-0.1, -0.05) is 42.5 Å². The monoisotopic (exact) mass is 367 g/mol. The van der Waals surface area contributed by atoms with Gasteiger partial charge in [0.15, 0.2) is 5.96 Å². The number of benzene rings is 2. The topological polar surface area (TPSA) is 68.9 Å². The lowest BCUT2D eigenvalue weighted by molar-refractivity contribution is 0.0676. The number of hydrogen-bond donors (Lipinski definition) is 2. The summed E-state index contributed by atoms with van der Waals surface area (Å²) in [6.45, 7) is 4.74. The SMILES string of the molecule is Cc1ccc(CN=C(N)NCCc2ccccc2)c(OCC2CCCO2)c1. The molecule has 5 heteroatoms. The molecule has 1 aliphatic rings. The highest BCUT2D eigenvalue weighted by Crippen LogP contribution is 2.23. The lowest BCUT2D eigenvalue weighted by atomic mass is 10.1. The second kappa shape index (κ2) is 9.97. The molecule has 0 spiro atoms. The van der Waals surface area contributed by atoms with Crippen molar-refractivity contribution in [3.8, 4) is 5.75 Å². The van der Waals surface area contributed by atoms with E-state index in [-0.39, 0.29) is 6.10 Å². The van der Waals surface area contributed by atoms with Crippen molar-refractivity contribution in [1.29, 1.82) is 0 Å². The van der Waals surface area contributed by atoms with Gasteiger partial charge in [0, 0.05) is 18.7 Å². The van der Waals surface area contributed by atoms with Gasteiger partial charge in [-0.25, -0.2) is 4.99 Å². The summed E-state index contributed by atoms with van der Waals surface area (Å²) in [5.41, 5.74) is 9.50. The third-order valence-corrected chi connectivity index (χ3v) is 4.65. The van der Waals surface area contributed by atoms with Crippen molar-refractivity contribution in [2.24, 2.45) is 10.7 Å². The molecule has 0 bridgehead atoms. The maximum atomic E-state index is 6.02. The number of aryl methyl sites for hydroxylation is 1. The third-order valence-electron chi connectivity index (χ3n) is 4.65. The van der Waals surface area contributed by atoms with Crippen molar-refractivity contribution in [2.75, 3.05) is 19.8 Å². The predicted molar refractivity (Wildman–Crippen MR) is 109 cm³/mol. The number of nitrogens with one attached hydrogen (secondary N) is 1. The lowest BCUT2D eigenvalue weighted by Gasteiger charge is -2.15. The molecule has 3 N–H and O–H groups in total. The molecule has 1 heterocycles. The van der Waals surface area contributed by atoms with Crippen molar-refractivity contribution in [1.82, 2.24) is 5.32 Å². The number of rotatable bonds is 8. The van der Waals surface area contributed by atoms with Crippen LogP contribution in [0.3, 0.4) is 0 Å². The lowest BCUT2D eigenvalue weighted by Crippen LogP contribution is -2.33. The van der Waals surface area contributed by atoms with Gasteiger partial charge in [-0.15, -0.1) is 0 Å². The van der Waals surface area contributed by atoms with E-state index in [0.29, 0.717) is 19.1 Å². The van der Waals surface area contributed by atoms with Crippen LogP contribution in [-0.2, 0) is 17.7 Å². The minimum Gasteiger partial charge on any atom is -0.491 e. The second-order valence-electron chi connectivity index (χ2n) is 6.92. The van der Waals surface area contributed by atoms with Crippen LogP contribution < -0.4 is 15.8 Å². The van der Waals surface area contributed by atoms with E-state index in [4.69, 9.17) is 15.2 Å². The first-order valence-electron chi connectivity index (χ1n) is 9.62. The summed E-state index contributed by atoms with van der Waals surface area (Å²) in [5.74, 6) is 1.32. The molecular weight excluding hydrogens is 338 g/mol. The summed E-state index contributed by atoms with van der Waals surface area (Å²) >= 11 is 0. The largest absolute Gasteiger partial charge is 0.491 e. The van der Waals surface area contributed by atoms with Crippen molar-refractivity contribution < 1.29 is 9.47 Å². The van der Waals surface area contributed by atoms with Crippen LogP contribution in [0.1, 0.15) is 29.5 Å². The fraction of sp³-hybridized carbons (Fsp3) is 0.409. The van der Waals surface area contributed by atoms with Gasteiger partial charge in [-0.05, 0) is 43.4 Å². The number of nitrogens with zero attached hydrogens (tertiary/aromatic N) is 1. The third kappa shape index (κ3) is 6.29. The van der Waals surface area contributed by atoms with E-state index in [2.05, 4.69) is 47.6 Å². The zero-order chi connectivity index (χ0) is 18.9. The summed E-state index contributed by atoms with van der Waals surface area (Å²) in [5, 5.41) is 3.18. The van der Waals surface area contributed by atoms with E-state index in [1.165, 1.54) is 11.1 Å². The van der Waals surface area contributed by atoms with E-state index in [9.17, 15) is 0 Å². The van der Waals surface area contributed by atoms with Crippen LogP contribution in [-0.4, -0.2) is 31.8 Å². The van der Waals surface area contributed by atoms with Gasteiger partial charge in [0.1, 0.15) is 12.4 Å². The number of aliphatic imine (C=N–C) groups is 1. The minimum atomic E-state index is 0.201. The average molecular weight is 367 g/mol. The van der Waals surface area contributed by atoms with Gasteiger partial charge in [-0.3, -0.25) is 0 Å². The molecule has 0 saturated carbocycles. The molecule has 1 fully saturated rings. The van der Waals surface area contributed by atoms with Gasteiger partial charge >= 0.3 is 0 Å². The van der Waals surface area contributed by atoms with E-state index in [1.807, 2.05) is 18.2 Å². The molecule has 1 saturated heterocycles. The maximum absolute atomic E-state index is 6.02. The zero-order valence-electron chi connectivity index (χ0n) is 16.0. The van der Waals surface area contributed by atoms with Crippen LogP contribution in [0.4, 0.5) is 0 Å². The Morgan fingerprint density at radius 1 is 1.26 bits per heavy atom. The average Bonchev–Trinajstić information content (AvgIpc) is 3.20. The number of hydrogen-bond acceptors (Lipinski definition) is 3. The summed E-state index contributed by atoms with van der Waals surface area (Å²) in [6.07, 6.45) is 3.30. The highest BCUT2D eigenvalue weighted by Gasteiger charge is 2.16. The Bertz CT molecular complexity index is 740. The quantitative estimate of drug-likeness (QED) is 0.555. The van der Waals surface area contributed by atoms with E-state index in [0.717, 1.165) is 43.7 Å². The van der Waals surface area contributed by atoms with Crippen LogP contribution in [0.25, 0.3) is 0 Å². The number of guanidine groups is 1. The highest BCUT2D eigenvalue weighted by molar-refractivity contribution is 5.77. The molecule has 5 nitrogen and oxygen atoms in total. The first kappa shape index (κ1) is 19.2. The summed E-state index contributed by atoms with van der Waals surface area (Å²) < 4.78 is 11.7. The maximum Gasteiger partial charge on any atom is 0.188 e. The zero-order valence-corrected chi connectivity index (χ0v) is 16.0. The van der Waals surface area contributed by atoms with Gasteiger partial charge in [0.25, 0.3) is 0 Å². The molecule has 0 radical (unpaired) electrons. The Kier molecular flexibility index (Phi) is 7.11. The van der Waals surface area contributed by atoms with Crippen molar-refractivity contribution in [3.63, 3.8) is 0 Å². The molecular formula is C22H29N3O2. The molecule has 27 heavy (non-hydrogen) atoms. The van der Waals surface area contributed by atoms with Gasteiger partial charge in [0.2, 0.25) is 0 Å². The summed E-state index contributed by atoms with van der Waals surface area (Å²) in [6, 6.07) is 16.5. The predicted octanol–water partition coefficient (Wildman–Crippen LogP) is 3.20. The molecule has 2 aromatic carbocycles. The van der Waals surface area contributed by atoms with E-state index < -0.39 is 0 Å². The van der Waals surface area contributed by atoms with Crippen LogP contribution >= 0.6 is 0 Å². The van der Waals surface area contributed by atoms with Crippen LogP contribution in [0.15, 0.2) is 53.5 Å². The normalized spacial score (nSPS) is 17.1. The van der Waals surface area contributed by atoms with E-state index in [1.54, 1.807) is 0 Å². The van der Waals surface area contributed by atoms with Crippen LogP contribution in [0.5, 0.6) is 5.75 Å². The molecule has 0 aromatic heterocycles. The second-order valence-corrected chi connectivity index (χ2v) is 6.92. The molecule has 1 aliphatic heterocycles. The number of ether oxygens (including phenoxy) is 2. The summed E-state index contributed by atoms with van der Waals surface area (Å²) in [4.78, 5) is 4.47. The molecule has 2 aromatic rings.